The van der Waals surface area contributed by atoms with E-state index in [1.807, 2.05) is 6.07 Å². The van der Waals surface area contributed by atoms with Gasteiger partial charge in [0.05, 0.1) is 16.4 Å². The summed E-state index contributed by atoms with van der Waals surface area (Å²) in [6, 6.07) is 3.98. The lowest BCUT2D eigenvalue weighted by Gasteiger charge is -2.13. The maximum absolute atomic E-state index is 6.45. The summed E-state index contributed by atoms with van der Waals surface area (Å²) < 4.78 is 0.989. The van der Waals surface area contributed by atoms with Crippen LogP contribution in [-0.2, 0) is 19.5 Å². The van der Waals surface area contributed by atoms with Gasteiger partial charge in [-0.25, -0.2) is 9.97 Å². The first-order valence-electron chi connectivity index (χ1n) is 7.00. The minimum absolute atomic E-state index is 0.277. The number of anilines is 1. The second-order valence-corrected chi connectivity index (χ2v) is 6.81. The quantitative estimate of drug-likeness (QED) is 0.762. The highest BCUT2D eigenvalue weighted by molar-refractivity contribution is 9.10. The number of nitrogens with two attached hydrogens (primary N) is 1. The van der Waals surface area contributed by atoms with E-state index in [4.69, 9.17) is 28.9 Å². The van der Waals surface area contributed by atoms with E-state index in [1.165, 1.54) is 0 Å². The van der Waals surface area contributed by atoms with Gasteiger partial charge in [-0.15, -0.1) is 11.6 Å². The van der Waals surface area contributed by atoms with Crippen LogP contribution in [0.25, 0.3) is 11.3 Å². The van der Waals surface area contributed by atoms with Crippen molar-refractivity contribution in [2.45, 2.75) is 25.9 Å². The third-order valence-electron chi connectivity index (χ3n) is 3.68. The van der Waals surface area contributed by atoms with Gasteiger partial charge in [-0.05, 0) is 30.5 Å². The molecule has 0 fully saturated rings. The number of fused-ring (bicyclic) bond motifs is 1. The summed E-state index contributed by atoms with van der Waals surface area (Å²) >= 11 is 15.8. The van der Waals surface area contributed by atoms with Gasteiger partial charge in [0, 0.05) is 34.6 Å². The zero-order valence-electron chi connectivity index (χ0n) is 11.8. The Morgan fingerprint density at radius 1 is 1.27 bits per heavy atom. The lowest BCUT2D eigenvalue weighted by molar-refractivity contribution is 0.758. The third-order valence-corrected chi connectivity index (χ3v) is 4.99. The van der Waals surface area contributed by atoms with Gasteiger partial charge in [0.1, 0.15) is 0 Å². The number of nitrogens with one attached hydrogen (secondary N) is 1. The smallest absolute Gasteiger partial charge is 0.220 e. The standard InChI is InChI=1S/C15H15BrCl2N4/c16-11-5-12(18)9(4-8(11)2-1-3-17)14-10-6-20-7-13(10)21-15(19)22-14/h4-5,20H,1-3,6-7H2,(H2,19,21,22). The van der Waals surface area contributed by atoms with Crippen LogP contribution in [0.5, 0.6) is 0 Å². The molecule has 0 bridgehead atoms. The minimum atomic E-state index is 0.277. The fraction of sp³-hybridized carbons (Fsp3) is 0.333. The van der Waals surface area contributed by atoms with Crippen LogP contribution in [0.15, 0.2) is 16.6 Å². The summed E-state index contributed by atoms with van der Waals surface area (Å²) in [6.45, 7) is 1.44. The summed E-state index contributed by atoms with van der Waals surface area (Å²) in [5, 5.41) is 3.92. The highest BCUT2D eigenvalue weighted by Gasteiger charge is 2.21. The molecular formula is C15H15BrCl2N4. The molecule has 0 spiro atoms. The Bertz CT molecular complexity index is 721. The molecule has 0 radical (unpaired) electrons. The fourth-order valence-corrected chi connectivity index (χ4v) is 3.69. The van der Waals surface area contributed by atoms with Crippen LogP contribution in [0.4, 0.5) is 5.95 Å². The Morgan fingerprint density at radius 3 is 2.86 bits per heavy atom. The van der Waals surface area contributed by atoms with Crippen molar-refractivity contribution in [1.82, 2.24) is 15.3 Å². The van der Waals surface area contributed by atoms with Crippen LogP contribution in [-0.4, -0.2) is 15.8 Å². The fourth-order valence-electron chi connectivity index (χ4n) is 2.63. The zero-order valence-corrected chi connectivity index (χ0v) is 14.9. The number of rotatable bonds is 4. The summed E-state index contributed by atoms with van der Waals surface area (Å²) in [5.41, 5.74) is 10.7. The molecule has 2 aromatic rings. The minimum Gasteiger partial charge on any atom is -0.368 e. The van der Waals surface area contributed by atoms with Crippen LogP contribution < -0.4 is 11.1 Å². The number of hydrogen-bond acceptors (Lipinski definition) is 4. The maximum Gasteiger partial charge on any atom is 0.220 e. The monoisotopic (exact) mass is 400 g/mol. The van der Waals surface area contributed by atoms with Crippen molar-refractivity contribution in [2.24, 2.45) is 0 Å². The number of nitrogen functional groups attached to an aromatic ring is 1. The van der Waals surface area contributed by atoms with Crippen molar-refractivity contribution in [3.8, 4) is 11.3 Å². The molecule has 116 valence electrons. The van der Waals surface area contributed by atoms with Gasteiger partial charge < -0.3 is 11.1 Å². The van der Waals surface area contributed by atoms with E-state index in [9.17, 15) is 0 Å². The lowest BCUT2D eigenvalue weighted by atomic mass is 10.0. The van der Waals surface area contributed by atoms with Crippen molar-refractivity contribution in [2.75, 3.05) is 11.6 Å². The van der Waals surface area contributed by atoms with Crippen molar-refractivity contribution in [3.05, 3.63) is 38.4 Å². The molecule has 1 aromatic heterocycles. The Balaban J connectivity index is 2.12. The third kappa shape index (κ3) is 3.08. The molecule has 0 aliphatic carbocycles. The molecule has 22 heavy (non-hydrogen) atoms. The molecule has 1 aliphatic heterocycles. The number of aromatic nitrogens is 2. The molecule has 1 aromatic carbocycles. The molecule has 0 amide bonds. The van der Waals surface area contributed by atoms with Crippen LogP contribution in [0.1, 0.15) is 23.2 Å². The summed E-state index contributed by atoms with van der Waals surface area (Å²) in [6.07, 6.45) is 1.79. The topological polar surface area (TPSA) is 63.8 Å². The van der Waals surface area contributed by atoms with E-state index in [-0.39, 0.29) is 5.95 Å². The summed E-state index contributed by atoms with van der Waals surface area (Å²) in [4.78, 5) is 8.72. The molecule has 0 saturated carbocycles. The number of halogens is 3. The van der Waals surface area contributed by atoms with Crippen LogP contribution in [0.2, 0.25) is 5.02 Å². The number of nitrogens with zero attached hydrogens (tertiary/aromatic N) is 2. The highest BCUT2D eigenvalue weighted by Crippen LogP contribution is 2.36. The number of aryl methyl sites for hydroxylation is 1. The van der Waals surface area contributed by atoms with Crippen molar-refractivity contribution >= 4 is 45.1 Å². The van der Waals surface area contributed by atoms with Crippen molar-refractivity contribution in [3.63, 3.8) is 0 Å². The molecule has 0 atom stereocenters. The van der Waals surface area contributed by atoms with E-state index >= 15 is 0 Å². The average Bonchev–Trinajstić information content (AvgIpc) is 2.94. The van der Waals surface area contributed by atoms with Crippen molar-refractivity contribution < 1.29 is 0 Å². The molecule has 0 unspecified atom stereocenters. The van der Waals surface area contributed by atoms with Gasteiger partial charge in [0.25, 0.3) is 0 Å². The molecule has 3 rings (SSSR count). The average molecular weight is 402 g/mol. The predicted octanol–water partition coefficient (Wildman–Crippen LogP) is 3.92. The van der Waals surface area contributed by atoms with E-state index in [2.05, 4.69) is 37.3 Å². The Hall–Kier alpha value is -0.880. The first-order chi connectivity index (χ1) is 10.6. The van der Waals surface area contributed by atoms with Crippen LogP contribution in [0.3, 0.4) is 0 Å². The first kappa shape index (κ1) is 16.0. The Labute approximate surface area is 147 Å². The highest BCUT2D eigenvalue weighted by atomic mass is 79.9. The molecule has 3 N–H and O–H groups in total. The number of alkyl halides is 1. The predicted molar refractivity (Wildman–Crippen MR) is 94.2 cm³/mol. The van der Waals surface area contributed by atoms with E-state index in [1.54, 1.807) is 0 Å². The number of benzene rings is 1. The van der Waals surface area contributed by atoms with Gasteiger partial charge in [-0.3, -0.25) is 0 Å². The van der Waals surface area contributed by atoms with Gasteiger partial charge >= 0.3 is 0 Å². The van der Waals surface area contributed by atoms with Gasteiger partial charge in [0.15, 0.2) is 0 Å². The zero-order chi connectivity index (χ0) is 15.7. The molecule has 1 aliphatic rings. The molecule has 0 saturated heterocycles. The van der Waals surface area contributed by atoms with Crippen LogP contribution >= 0.6 is 39.1 Å². The number of hydrogen-bond donors (Lipinski definition) is 2. The second kappa shape index (κ2) is 6.71. The van der Waals surface area contributed by atoms with Gasteiger partial charge in [-0.2, -0.15) is 0 Å². The van der Waals surface area contributed by atoms with E-state index in [0.717, 1.165) is 51.9 Å². The summed E-state index contributed by atoms with van der Waals surface area (Å²) in [7, 11) is 0. The normalized spacial score (nSPS) is 13.4. The summed E-state index contributed by atoms with van der Waals surface area (Å²) in [5.74, 6) is 0.906. The molecule has 4 nitrogen and oxygen atoms in total. The van der Waals surface area contributed by atoms with E-state index < -0.39 is 0 Å². The van der Waals surface area contributed by atoms with Gasteiger partial charge in [0.2, 0.25) is 5.95 Å². The maximum atomic E-state index is 6.45. The van der Waals surface area contributed by atoms with Gasteiger partial charge in [-0.1, -0.05) is 27.5 Å². The lowest BCUT2D eigenvalue weighted by Crippen LogP contribution is -2.03. The molecule has 7 heteroatoms. The van der Waals surface area contributed by atoms with Crippen molar-refractivity contribution in [1.29, 1.82) is 0 Å². The Morgan fingerprint density at radius 2 is 2.09 bits per heavy atom. The SMILES string of the molecule is Nc1nc2c(c(-c3cc(CCCCl)c(Br)cc3Cl)n1)CNC2. The molecule has 2 heterocycles. The second-order valence-electron chi connectivity index (χ2n) is 5.18. The largest absolute Gasteiger partial charge is 0.368 e. The van der Waals surface area contributed by atoms with E-state index in [0.29, 0.717) is 17.4 Å². The first-order valence-corrected chi connectivity index (χ1v) is 8.71. The Kier molecular flexibility index (Phi) is 4.88. The molecular weight excluding hydrogens is 387 g/mol. The van der Waals surface area contributed by atoms with Crippen LogP contribution in [0, 0.1) is 0 Å².